The fraction of sp³-hybridized carbons (Fsp3) is 0.238. The number of rotatable bonds is 1. The van der Waals surface area contributed by atoms with Crippen molar-refractivity contribution in [3.8, 4) is 11.5 Å². The van der Waals surface area contributed by atoms with E-state index in [0.717, 1.165) is 27.7 Å². The number of hydrogen-bond donors (Lipinski definition) is 2. The maximum atomic E-state index is 12.9. The van der Waals surface area contributed by atoms with Crippen molar-refractivity contribution in [2.75, 3.05) is 13.3 Å². The van der Waals surface area contributed by atoms with Crippen LogP contribution in [0.3, 0.4) is 0 Å². The molecule has 1 aromatic heterocycles. The standard InChI is InChI=1S/C21H17N3O4/c25-18-9-22-21(26)15-8-13-12-3-1-2-4-14(12)23-19(13)20(24(15)18)11-5-6-16-17(7-11)28-10-27-16/h1-7,15,20,23H,8-10H2,(H,22,26)/t15-,20+/m1/s1. The predicted octanol–water partition coefficient (Wildman–Crippen LogP) is 1.87. The topological polar surface area (TPSA) is 83.7 Å². The first-order valence-corrected chi connectivity index (χ1v) is 9.28. The van der Waals surface area contributed by atoms with Crippen molar-refractivity contribution in [3.05, 3.63) is 59.3 Å². The van der Waals surface area contributed by atoms with E-state index in [1.807, 2.05) is 36.4 Å². The molecule has 2 amide bonds. The maximum absolute atomic E-state index is 12.9. The fourth-order valence-electron chi connectivity index (χ4n) is 4.60. The summed E-state index contributed by atoms with van der Waals surface area (Å²) in [4.78, 5) is 30.7. The number of carbonyl (C=O) groups excluding carboxylic acids is 2. The van der Waals surface area contributed by atoms with Crippen molar-refractivity contribution in [1.82, 2.24) is 15.2 Å². The van der Waals surface area contributed by atoms with Gasteiger partial charge in [0.25, 0.3) is 0 Å². The van der Waals surface area contributed by atoms with Gasteiger partial charge in [0.1, 0.15) is 6.04 Å². The molecule has 7 heteroatoms. The summed E-state index contributed by atoms with van der Waals surface area (Å²) in [7, 11) is 0. The summed E-state index contributed by atoms with van der Waals surface area (Å²) >= 11 is 0. The van der Waals surface area contributed by atoms with E-state index in [-0.39, 0.29) is 31.2 Å². The number of aromatic nitrogens is 1. The van der Waals surface area contributed by atoms with Crippen LogP contribution in [0.1, 0.15) is 22.9 Å². The molecule has 3 aromatic rings. The monoisotopic (exact) mass is 375 g/mol. The van der Waals surface area contributed by atoms with Gasteiger partial charge in [-0.3, -0.25) is 9.59 Å². The Morgan fingerprint density at radius 3 is 2.82 bits per heavy atom. The lowest BCUT2D eigenvalue weighted by atomic mass is 9.86. The highest BCUT2D eigenvalue weighted by Gasteiger charge is 2.45. The molecule has 3 aliphatic heterocycles. The molecule has 2 atom stereocenters. The number of ether oxygens (including phenoxy) is 2. The Kier molecular flexibility index (Phi) is 3.06. The van der Waals surface area contributed by atoms with Gasteiger partial charge in [-0.25, -0.2) is 0 Å². The van der Waals surface area contributed by atoms with E-state index in [0.29, 0.717) is 17.9 Å². The van der Waals surface area contributed by atoms with Crippen LogP contribution in [-0.4, -0.2) is 41.1 Å². The molecule has 28 heavy (non-hydrogen) atoms. The quantitative estimate of drug-likeness (QED) is 0.680. The molecule has 2 N–H and O–H groups in total. The number of para-hydroxylation sites is 1. The van der Waals surface area contributed by atoms with E-state index in [9.17, 15) is 9.59 Å². The average molecular weight is 375 g/mol. The smallest absolute Gasteiger partial charge is 0.243 e. The largest absolute Gasteiger partial charge is 0.454 e. The van der Waals surface area contributed by atoms with E-state index in [4.69, 9.17) is 9.47 Å². The summed E-state index contributed by atoms with van der Waals surface area (Å²) in [5.41, 5.74) is 3.94. The van der Waals surface area contributed by atoms with Gasteiger partial charge < -0.3 is 24.7 Å². The molecule has 7 nitrogen and oxygen atoms in total. The summed E-state index contributed by atoms with van der Waals surface area (Å²) in [5.74, 6) is 1.15. The van der Waals surface area contributed by atoms with Crippen LogP contribution in [-0.2, 0) is 16.0 Å². The Bertz CT molecular complexity index is 1150. The minimum atomic E-state index is -0.525. The lowest BCUT2D eigenvalue weighted by Gasteiger charge is -2.44. The van der Waals surface area contributed by atoms with Crippen molar-refractivity contribution in [2.24, 2.45) is 0 Å². The van der Waals surface area contributed by atoms with Crippen LogP contribution < -0.4 is 14.8 Å². The highest BCUT2D eigenvalue weighted by atomic mass is 16.7. The van der Waals surface area contributed by atoms with E-state index >= 15 is 0 Å². The maximum Gasteiger partial charge on any atom is 0.243 e. The van der Waals surface area contributed by atoms with Crippen molar-refractivity contribution in [1.29, 1.82) is 0 Å². The van der Waals surface area contributed by atoms with Gasteiger partial charge in [-0.15, -0.1) is 0 Å². The first-order chi connectivity index (χ1) is 13.7. The molecular weight excluding hydrogens is 358 g/mol. The number of nitrogens with zero attached hydrogens (tertiary/aromatic N) is 1. The molecule has 1 saturated heterocycles. The third kappa shape index (κ3) is 2.04. The highest BCUT2D eigenvalue weighted by molar-refractivity contribution is 5.97. The van der Waals surface area contributed by atoms with Crippen molar-refractivity contribution < 1.29 is 19.1 Å². The van der Waals surface area contributed by atoms with E-state index < -0.39 is 6.04 Å². The lowest BCUT2D eigenvalue weighted by molar-refractivity contribution is -0.148. The number of benzene rings is 2. The number of nitrogens with one attached hydrogen (secondary N) is 2. The normalized spacial score (nSPS) is 22.8. The number of H-pyrrole nitrogens is 1. The molecule has 1 fully saturated rings. The Hall–Kier alpha value is -3.48. The summed E-state index contributed by atoms with van der Waals surface area (Å²) < 4.78 is 11.0. The van der Waals surface area contributed by atoms with Gasteiger partial charge in [0.2, 0.25) is 18.6 Å². The minimum Gasteiger partial charge on any atom is -0.454 e. The molecule has 0 spiro atoms. The van der Waals surface area contributed by atoms with Crippen LogP contribution in [0.2, 0.25) is 0 Å². The molecule has 0 saturated carbocycles. The average Bonchev–Trinajstić information content (AvgIpc) is 3.33. The van der Waals surface area contributed by atoms with Crippen molar-refractivity contribution in [3.63, 3.8) is 0 Å². The second-order valence-corrected chi connectivity index (χ2v) is 7.32. The van der Waals surface area contributed by atoms with Gasteiger partial charge >= 0.3 is 0 Å². The molecule has 3 aliphatic rings. The molecule has 4 heterocycles. The Labute approximate surface area is 160 Å². The minimum absolute atomic E-state index is 0.0198. The van der Waals surface area contributed by atoms with Gasteiger partial charge in [-0.1, -0.05) is 24.3 Å². The Morgan fingerprint density at radius 1 is 1.04 bits per heavy atom. The Balaban J connectivity index is 1.60. The molecule has 0 radical (unpaired) electrons. The SMILES string of the molecule is O=C1NCC(=O)N2[C@@H](c3ccc4c(c3)OCO4)c3[nH]c4ccccc4c3C[C@H]12. The predicted molar refractivity (Wildman–Crippen MR) is 100 cm³/mol. The summed E-state index contributed by atoms with van der Waals surface area (Å²) in [6.45, 7) is 0.209. The van der Waals surface area contributed by atoms with Crippen LogP contribution in [0, 0.1) is 0 Å². The van der Waals surface area contributed by atoms with Crippen LogP contribution in [0.4, 0.5) is 0 Å². The zero-order valence-corrected chi connectivity index (χ0v) is 14.9. The molecule has 140 valence electrons. The van der Waals surface area contributed by atoms with Crippen molar-refractivity contribution >= 4 is 22.7 Å². The molecule has 6 rings (SSSR count). The molecule has 2 aromatic carbocycles. The second kappa shape index (κ2) is 5.51. The summed E-state index contributed by atoms with van der Waals surface area (Å²) in [5, 5.41) is 3.82. The number of aromatic amines is 1. The number of amides is 2. The summed E-state index contributed by atoms with van der Waals surface area (Å²) in [6.07, 6.45) is 0.498. The highest BCUT2D eigenvalue weighted by Crippen LogP contribution is 2.44. The van der Waals surface area contributed by atoms with Gasteiger partial charge in [0, 0.05) is 23.0 Å². The third-order valence-electron chi connectivity index (χ3n) is 5.85. The second-order valence-electron chi connectivity index (χ2n) is 7.32. The fourth-order valence-corrected chi connectivity index (χ4v) is 4.60. The number of piperazine rings is 1. The van der Waals surface area contributed by atoms with Gasteiger partial charge in [-0.2, -0.15) is 0 Å². The molecule has 0 unspecified atom stereocenters. The molecule has 0 bridgehead atoms. The van der Waals surface area contributed by atoms with E-state index in [1.54, 1.807) is 4.90 Å². The van der Waals surface area contributed by atoms with Crippen LogP contribution >= 0.6 is 0 Å². The molecule has 0 aliphatic carbocycles. The number of fused-ring (bicyclic) bond motifs is 5. The van der Waals surface area contributed by atoms with Crippen molar-refractivity contribution in [2.45, 2.75) is 18.5 Å². The van der Waals surface area contributed by atoms with Crippen LogP contribution in [0.25, 0.3) is 10.9 Å². The van der Waals surface area contributed by atoms with E-state index in [1.165, 1.54) is 0 Å². The Morgan fingerprint density at radius 2 is 1.89 bits per heavy atom. The van der Waals surface area contributed by atoms with Crippen LogP contribution in [0.5, 0.6) is 11.5 Å². The third-order valence-corrected chi connectivity index (χ3v) is 5.85. The van der Waals surface area contributed by atoms with Gasteiger partial charge in [0.15, 0.2) is 11.5 Å². The van der Waals surface area contributed by atoms with E-state index in [2.05, 4.69) is 16.4 Å². The van der Waals surface area contributed by atoms with Gasteiger partial charge in [0.05, 0.1) is 12.6 Å². The lowest BCUT2D eigenvalue weighted by Crippen LogP contribution is -2.61. The van der Waals surface area contributed by atoms with Crippen LogP contribution in [0.15, 0.2) is 42.5 Å². The summed E-state index contributed by atoms with van der Waals surface area (Å²) in [6, 6.07) is 12.8. The number of carbonyl (C=O) groups is 2. The zero-order chi connectivity index (χ0) is 18.8. The first kappa shape index (κ1) is 15.6. The molecular formula is C21H17N3O4. The first-order valence-electron chi connectivity index (χ1n) is 9.28. The van der Waals surface area contributed by atoms with Gasteiger partial charge in [-0.05, 0) is 29.3 Å². The number of hydrogen-bond acceptors (Lipinski definition) is 4. The zero-order valence-electron chi connectivity index (χ0n) is 14.9.